The maximum atomic E-state index is 3.72. The van der Waals surface area contributed by atoms with Crippen molar-refractivity contribution in [1.29, 1.82) is 0 Å². The van der Waals surface area contributed by atoms with Gasteiger partial charge in [-0.3, -0.25) is 0 Å². The van der Waals surface area contributed by atoms with Gasteiger partial charge < -0.3 is 5.32 Å². The van der Waals surface area contributed by atoms with Gasteiger partial charge in [-0.15, -0.1) is 0 Å². The van der Waals surface area contributed by atoms with Crippen LogP contribution in [-0.2, 0) is 0 Å². The van der Waals surface area contributed by atoms with Gasteiger partial charge in [0, 0.05) is 6.04 Å². The van der Waals surface area contributed by atoms with Gasteiger partial charge in [-0.2, -0.15) is 11.3 Å². The predicted octanol–water partition coefficient (Wildman–Crippen LogP) is 3.98. The normalized spacial score (nSPS) is 19.5. The number of hydrogen-bond donors (Lipinski definition) is 1. The lowest BCUT2D eigenvalue weighted by atomic mass is 9.93. The molecule has 0 aromatic carbocycles. The van der Waals surface area contributed by atoms with E-state index in [0.29, 0.717) is 6.04 Å². The number of thiophene rings is 1. The van der Waals surface area contributed by atoms with E-state index in [1.165, 1.54) is 37.7 Å². The summed E-state index contributed by atoms with van der Waals surface area (Å²) in [5.74, 6) is 0.881. The molecule has 1 aromatic heterocycles. The first-order valence-corrected chi connectivity index (χ1v) is 7.11. The SMILES string of the molecule is CCCNC(c1ccsc1)C1CCCC1. The van der Waals surface area contributed by atoms with Gasteiger partial charge in [0.2, 0.25) is 0 Å². The van der Waals surface area contributed by atoms with Crippen molar-refractivity contribution in [3.63, 3.8) is 0 Å². The molecular weight excluding hydrogens is 202 g/mol. The Morgan fingerprint density at radius 1 is 1.47 bits per heavy atom. The van der Waals surface area contributed by atoms with Crippen molar-refractivity contribution >= 4 is 11.3 Å². The topological polar surface area (TPSA) is 12.0 Å². The summed E-state index contributed by atoms with van der Waals surface area (Å²) in [6, 6.07) is 2.91. The number of hydrogen-bond acceptors (Lipinski definition) is 2. The fourth-order valence-corrected chi connectivity index (χ4v) is 3.30. The Kier molecular flexibility index (Phi) is 4.21. The van der Waals surface area contributed by atoms with Gasteiger partial charge in [0.05, 0.1) is 0 Å². The molecule has 84 valence electrons. The summed E-state index contributed by atoms with van der Waals surface area (Å²) in [5.41, 5.74) is 1.51. The monoisotopic (exact) mass is 223 g/mol. The quantitative estimate of drug-likeness (QED) is 0.796. The first-order valence-electron chi connectivity index (χ1n) is 6.17. The van der Waals surface area contributed by atoms with E-state index in [1.54, 1.807) is 0 Å². The lowest BCUT2D eigenvalue weighted by molar-refractivity contribution is 0.369. The van der Waals surface area contributed by atoms with E-state index in [2.05, 4.69) is 29.1 Å². The van der Waals surface area contributed by atoms with E-state index >= 15 is 0 Å². The zero-order chi connectivity index (χ0) is 10.5. The second-order valence-electron chi connectivity index (χ2n) is 4.53. The second-order valence-corrected chi connectivity index (χ2v) is 5.31. The maximum absolute atomic E-state index is 3.72. The van der Waals surface area contributed by atoms with Crippen LogP contribution in [0.3, 0.4) is 0 Å². The van der Waals surface area contributed by atoms with E-state index in [0.717, 1.165) is 12.5 Å². The summed E-state index contributed by atoms with van der Waals surface area (Å²) in [4.78, 5) is 0. The van der Waals surface area contributed by atoms with Crippen molar-refractivity contribution in [1.82, 2.24) is 5.32 Å². The Balaban J connectivity index is 2.01. The van der Waals surface area contributed by atoms with E-state index in [4.69, 9.17) is 0 Å². The third-order valence-corrected chi connectivity index (χ3v) is 4.09. The van der Waals surface area contributed by atoms with Crippen LogP contribution in [0.5, 0.6) is 0 Å². The van der Waals surface area contributed by atoms with Crippen LogP contribution in [0.15, 0.2) is 16.8 Å². The standard InChI is InChI=1S/C13H21NS/c1-2-8-14-13(11-5-3-4-6-11)12-7-9-15-10-12/h7,9-11,13-14H,2-6,8H2,1H3. The zero-order valence-corrected chi connectivity index (χ0v) is 10.4. The predicted molar refractivity (Wildman–Crippen MR) is 67.3 cm³/mol. The minimum Gasteiger partial charge on any atom is -0.310 e. The largest absolute Gasteiger partial charge is 0.310 e. The third-order valence-electron chi connectivity index (χ3n) is 3.39. The third kappa shape index (κ3) is 2.82. The van der Waals surface area contributed by atoms with Crippen molar-refractivity contribution in [3.05, 3.63) is 22.4 Å². The molecule has 0 aliphatic heterocycles. The molecule has 1 heterocycles. The molecule has 0 spiro atoms. The molecule has 1 unspecified atom stereocenters. The summed E-state index contributed by atoms with van der Waals surface area (Å²) in [7, 11) is 0. The van der Waals surface area contributed by atoms with E-state index in [-0.39, 0.29) is 0 Å². The van der Waals surface area contributed by atoms with Crippen LogP contribution in [0.2, 0.25) is 0 Å². The molecule has 2 heteroatoms. The van der Waals surface area contributed by atoms with Crippen LogP contribution in [0.4, 0.5) is 0 Å². The van der Waals surface area contributed by atoms with Crippen LogP contribution >= 0.6 is 11.3 Å². The summed E-state index contributed by atoms with van der Waals surface area (Å²) >= 11 is 1.82. The average molecular weight is 223 g/mol. The smallest absolute Gasteiger partial charge is 0.0356 e. The molecule has 1 fully saturated rings. The lowest BCUT2D eigenvalue weighted by Gasteiger charge is -2.24. The van der Waals surface area contributed by atoms with Gasteiger partial charge in [-0.25, -0.2) is 0 Å². The van der Waals surface area contributed by atoms with Crippen molar-refractivity contribution in [2.75, 3.05) is 6.54 Å². The molecule has 15 heavy (non-hydrogen) atoms. The molecule has 0 bridgehead atoms. The first kappa shape index (κ1) is 11.2. The first-order chi connectivity index (χ1) is 7.42. The van der Waals surface area contributed by atoms with Gasteiger partial charge in [-0.1, -0.05) is 19.8 Å². The molecule has 0 saturated heterocycles. The average Bonchev–Trinajstić information content (AvgIpc) is 2.90. The molecule has 1 aliphatic carbocycles. The molecule has 2 rings (SSSR count). The van der Waals surface area contributed by atoms with Gasteiger partial charge in [0.1, 0.15) is 0 Å². The maximum Gasteiger partial charge on any atom is 0.0356 e. The fourth-order valence-electron chi connectivity index (χ4n) is 2.60. The highest BCUT2D eigenvalue weighted by molar-refractivity contribution is 7.07. The van der Waals surface area contributed by atoms with Gasteiger partial charge >= 0.3 is 0 Å². The highest BCUT2D eigenvalue weighted by Gasteiger charge is 2.25. The molecule has 1 aliphatic rings. The molecule has 1 nitrogen and oxygen atoms in total. The number of nitrogens with one attached hydrogen (secondary N) is 1. The van der Waals surface area contributed by atoms with Crippen LogP contribution in [-0.4, -0.2) is 6.54 Å². The molecule has 1 saturated carbocycles. The highest BCUT2D eigenvalue weighted by Crippen LogP contribution is 2.36. The van der Waals surface area contributed by atoms with E-state index in [1.807, 2.05) is 11.3 Å². The Morgan fingerprint density at radius 2 is 2.27 bits per heavy atom. The van der Waals surface area contributed by atoms with Crippen molar-refractivity contribution < 1.29 is 0 Å². The van der Waals surface area contributed by atoms with Crippen molar-refractivity contribution in [2.45, 2.75) is 45.1 Å². The van der Waals surface area contributed by atoms with Gasteiger partial charge in [0.25, 0.3) is 0 Å². The zero-order valence-electron chi connectivity index (χ0n) is 9.54. The minimum atomic E-state index is 0.624. The summed E-state index contributed by atoms with van der Waals surface area (Å²) < 4.78 is 0. The Labute approximate surface area is 96.9 Å². The summed E-state index contributed by atoms with van der Waals surface area (Å²) in [6.45, 7) is 3.39. The Hall–Kier alpha value is -0.340. The highest BCUT2D eigenvalue weighted by atomic mass is 32.1. The molecule has 1 atom stereocenters. The summed E-state index contributed by atoms with van der Waals surface area (Å²) in [6.07, 6.45) is 6.92. The van der Waals surface area contributed by atoms with Crippen molar-refractivity contribution in [3.8, 4) is 0 Å². The minimum absolute atomic E-state index is 0.624. The van der Waals surface area contributed by atoms with E-state index < -0.39 is 0 Å². The van der Waals surface area contributed by atoms with Crippen LogP contribution in [0, 0.1) is 5.92 Å². The second kappa shape index (κ2) is 5.66. The summed E-state index contributed by atoms with van der Waals surface area (Å²) in [5, 5.41) is 8.23. The van der Waals surface area contributed by atoms with Crippen LogP contribution in [0.25, 0.3) is 0 Å². The van der Waals surface area contributed by atoms with Crippen LogP contribution in [0.1, 0.15) is 50.6 Å². The van der Waals surface area contributed by atoms with E-state index in [9.17, 15) is 0 Å². The van der Waals surface area contributed by atoms with Crippen LogP contribution < -0.4 is 5.32 Å². The lowest BCUT2D eigenvalue weighted by Crippen LogP contribution is -2.27. The molecule has 0 radical (unpaired) electrons. The van der Waals surface area contributed by atoms with Gasteiger partial charge in [-0.05, 0) is 54.1 Å². The molecular formula is C13H21NS. The molecule has 1 N–H and O–H groups in total. The fraction of sp³-hybridized carbons (Fsp3) is 0.692. The Morgan fingerprint density at radius 3 is 2.87 bits per heavy atom. The number of rotatable bonds is 5. The molecule has 0 amide bonds. The Bertz CT molecular complexity index is 262. The van der Waals surface area contributed by atoms with Crippen molar-refractivity contribution in [2.24, 2.45) is 5.92 Å². The van der Waals surface area contributed by atoms with Gasteiger partial charge in [0.15, 0.2) is 0 Å². The molecule has 1 aromatic rings.